The second-order valence-corrected chi connectivity index (χ2v) is 13.1. The van der Waals surface area contributed by atoms with E-state index in [0.29, 0.717) is 19.3 Å². The predicted octanol–water partition coefficient (Wildman–Crippen LogP) is 13.9. The van der Waals surface area contributed by atoms with Gasteiger partial charge in [-0.3, -0.25) is 9.59 Å². The quantitative estimate of drug-likeness (QED) is 0.0415. The average Bonchev–Trinajstić information content (AvgIpc) is 3.07. The van der Waals surface area contributed by atoms with Gasteiger partial charge in [0.15, 0.2) is 0 Å². The molecular formula is C44H74O4. The van der Waals surface area contributed by atoms with Crippen molar-refractivity contribution in [2.75, 3.05) is 0 Å². The van der Waals surface area contributed by atoms with Crippen LogP contribution in [0.25, 0.3) is 0 Å². The molecule has 48 heavy (non-hydrogen) atoms. The zero-order valence-corrected chi connectivity index (χ0v) is 31.3. The SMILES string of the molecule is CC/C=C\C/C=C\C/C=C\C/C=C\C/C=C\C/C=C\CCC(=O)OC(CCCCCCCCCCCCCCC)CCCCCC(=O)O. The van der Waals surface area contributed by atoms with E-state index in [1.807, 2.05) is 0 Å². The lowest BCUT2D eigenvalue weighted by Crippen LogP contribution is -2.18. The molecule has 0 saturated heterocycles. The summed E-state index contributed by atoms with van der Waals surface area (Å²) in [6.45, 7) is 4.43. The van der Waals surface area contributed by atoms with Crippen molar-refractivity contribution in [3.8, 4) is 0 Å². The van der Waals surface area contributed by atoms with Crippen LogP contribution in [-0.4, -0.2) is 23.1 Å². The first kappa shape index (κ1) is 45.4. The van der Waals surface area contributed by atoms with Crippen LogP contribution in [0.5, 0.6) is 0 Å². The molecule has 0 radical (unpaired) electrons. The summed E-state index contributed by atoms with van der Waals surface area (Å²) in [5, 5.41) is 8.89. The van der Waals surface area contributed by atoms with E-state index in [1.165, 1.54) is 77.0 Å². The first-order valence-corrected chi connectivity index (χ1v) is 19.9. The first-order valence-electron chi connectivity index (χ1n) is 19.9. The molecule has 0 amide bonds. The molecule has 1 unspecified atom stereocenters. The molecule has 1 N–H and O–H groups in total. The number of carboxylic acid groups (broad SMARTS) is 1. The lowest BCUT2D eigenvalue weighted by molar-refractivity contribution is -0.149. The van der Waals surface area contributed by atoms with Gasteiger partial charge in [0.1, 0.15) is 6.10 Å². The van der Waals surface area contributed by atoms with E-state index in [-0.39, 0.29) is 18.5 Å². The highest BCUT2D eigenvalue weighted by Gasteiger charge is 2.14. The second kappa shape index (κ2) is 38.8. The Morgan fingerprint density at radius 1 is 0.479 bits per heavy atom. The number of unbranched alkanes of at least 4 members (excludes halogenated alkanes) is 14. The molecule has 4 nitrogen and oxygen atoms in total. The molecule has 4 heteroatoms. The zero-order chi connectivity index (χ0) is 35.0. The van der Waals surface area contributed by atoms with E-state index in [2.05, 4.69) is 86.8 Å². The summed E-state index contributed by atoms with van der Waals surface area (Å²) in [6.07, 6.45) is 54.9. The molecule has 0 bridgehead atoms. The van der Waals surface area contributed by atoms with E-state index >= 15 is 0 Å². The Bertz CT molecular complexity index is 892. The molecule has 0 heterocycles. The Hall–Kier alpha value is -2.62. The Morgan fingerprint density at radius 2 is 0.854 bits per heavy atom. The summed E-state index contributed by atoms with van der Waals surface area (Å²) in [5.41, 5.74) is 0. The average molecular weight is 667 g/mol. The summed E-state index contributed by atoms with van der Waals surface area (Å²) in [6, 6.07) is 0. The number of ether oxygens (including phenoxy) is 1. The molecule has 0 aliphatic heterocycles. The summed E-state index contributed by atoms with van der Waals surface area (Å²) >= 11 is 0. The van der Waals surface area contributed by atoms with Crippen molar-refractivity contribution in [2.24, 2.45) is 0 Å². The number of allylic oxidation sites excluding steroid dienone is 12. The second-order valence-electron chi connectivity index (χ2n) is 13.1. The van der Waals surface area contributed by atoms with Gasteiger partial charge < -0.3 is 9.84 Å². The molecule has 0 aliphatic carbocycles. The minimum atomic E-state index is -0.737. The molecule has 0 fully saturated rings. The third-order valence-corrected chi connectivity index (χ3v) is 8.46. The van der Waals surface area contributed by atoms with E-state index in [4.69, 9.17) is 9.84 Å². The van der Waals surface area contributed by atoms with Gasteiger partial charge in [0.2, 0.25) is 0 Å². The van der Waals surface area contributed by atoms with Gasteiger partial charge in [0.05, 0.1) is 0 Å². The summed E-state index contributed by atoms with van der Waals surface area (Å²) in [5.74, 6) is -0.848. The molecule has 0 aromatic rings. The lowest BCUT2D eigenvalue weighted by Gasteiger charge is -2.18. The number of rotatable bonds is 35. The van der Waals surface area contributed by atoms with E-state index < -0.39 is 5.97 Å². The van der Waals surface area contributed by atoms with E-state index in [0.717, 1.165) is 70.6 Å². The third-order valence-electron chi connectivity index (χ3n) is 8.46. The number of esters is 1. The van der Waals surface area contributed by atoms with E-state index in [9.17, 15) is 9.59 Å². The Balaban J connectivity index is 4.11. The normalized spacial score (nSPS) is 13.0. The molecule has 274 valence electrons. The van der Waals surface area contributed by atoms with Crippen molar-refractivity contribution in [3.63, 3.8) is 0 Å². The Kier molecular flexibility index (Phi) is 36.7. The Labute approximate surface area is 297 Å². The number of hydrogen-bond donors (Lipinski definition) is 1. The topological polar surface area (TPSA) is 63.6 Å². The molecule has 1 atom stereocenters. The molecule has 0 saturated carbocycles. The minimum absolute atomic E-state index is 0.0414. The fourth-order valence-electron chi connectivity index (χ4n) is 5.56. The van der Waals surface area contributed by atoms with Gasteiger partial charge in [0, 0.05) is 12.8 Å². The van der Waals surface area contributed by atoms with Gasteiger partial charge in [-0.25, -0.2) is 0 Å². The number of aliphatic carboxylic acids is 1. The lowest BCUT2D eigenvalue weighted by atomic mass is 10.0. The Morgan fingerprint density at radius 3 is 1.27 bits per heavy atom. The van der Waals surface area contributed by atoms with Gasteiger partial charge in [-0.1, -0.05) is 170 Å². The van der Waals surface area contributed by atoms with Crippen LogP contribution in [0.15, 0.2) is 72.9 Å². The van der Waals surface area contributed by atoms with Gasteiger partial charge in [0.25, 0.3) is 0 Å². The van der Waals surface area contributed by atoms with Crippen molar-refractivity contribution in [1.82, 2.24) is 0 Å². The van der Waals surface area contributed by atoms with Gasteiger partial charge in [-0.2, -0.15) is 0 Å². The fourth-order valence-corrected chi connectivity index (χ4v) is 5.56. The van der Waals surface area contributed by atoms with Crippen LogP contribution >= 0.6 is 0 Å². The minimum Gasteiger partial charge on any atom is -0.481 e. The molecule has 0 aliphatic rings. The van der Waals surface area contributed by atoms with Crippen LogP contribution in [0.2, 0.25) is 0 Å². The number of hydrogen-bond acceptors (Lipinski definition) is 3. The first-order chi connectivity index (χ1) is 23.6. The standard InChI is InChI=1S/C44H74O4/c1-3-5-7-9-11-13-15-17-18-19-20-21-22-24-26-28-30-32-37-41-44(47)48-42(39-35-33-36-40-43(45)46)38-34-31-29-27-25-23-16-14-12-10-8-6-4-2/h5,7,11,13,17-18,20-21,24,26,30,32,42H,3-4,6,8-10,12,14-16,19,22-23,25,27-29,31,33-41H2,1-2H3,(H,45,46)/b7-5-,13-11-,18-17-,21-20-,26-24-,32-30-. The highest BCUT2D eigenvalue weighted by atomic mass is 16.5. The van der Waals surface area contributed by atoms with Crippen molar-refractivity contribution in [2.45, 2.75) is 193 Å². The van der Waals surface area contributed by atoms with Gasteiger partial charge in [-0.05, 0) is 77.0 Å². The maximum atomic E-state index is 12.6. The maximum Gasteiger partial charge on any atom is 0.306 e. The van der Waals surface area contributed by atoms with Crippen molar-refractivity contribution >= 4 is 11.9 Å². The van der Waals surface area contributed by atoms with E-state index in [1.54, 1.807) is 0 Å². The zero-order valence-electron chi connectivity index (χ0n) is 31.3. The van der Waals surface area contributed by atoms with Crippen LogP contribution in [0.3, 0.4) is 0 Å². The van der Waals surface area contributed by atoms with Crippen molar-refractivity contribution in [1.29, 1.82) is 0 Å². The maximum absolute atomic E-state index is 12.6. The monoisotopic (exact) mass is 667 g/mol. The highest BCUT2D eigenvalue weighted by molar-refractivity contribution is 5.69. The smallest absolute Gasteiger partial charge is 0.306 e. The summed E-state index contributed by atoms with van der Waals surface area (Å²) < 4.78 is 5.90. The van der Waals surface area contributed by atoms with Crippen LogP contribution in [0.1, 0.15) is 187 Å². The van der Waals surface area contributed by atoms with Gasteiger partial charge >= 0.3 is 11.9 Å². The molecule has 0 aromatic heterocycles. The van der Waals surface area contributed by atoms with Crippen LogP contribution < -0.4 is 0 Å². The number of carbonyl (C=O) groups excluding carboxylic acids is 1. The van der Waals surface area contributed by atoms with Crippen LogP contribution in [-0.2, 0) is 14.3 Å². The summed E-state index contributed by atoms with van der Waals surface area (Å²) in [4.78, 5) is 23.4. The fraction of sp³-hybridized carbons (Fsp3) is 0.682. The predicted molar refractivity (Wildman–Crippen MR) is 208 cm³/mol. The number of carboxylic acids is 1. The molecule has 0 aromatic carbocycles. The van der Waals surface area contributed by atoms with Crippen molar-refractivity contribution in [3.05, 3.63) is 72.9 Å². The molecular weight excluding hydrogens is 592 g/mol. The largest absolute Gasteiger partial charge is 0.481 e. The molecule has 0 rings (SSSR count). The van der Waals surface area contributed by atoms with Crippen molar-refractivity contribution < 1.29 is 19.4 Å². The van der Waals surface area contributed by atoms with Gasteiger partial charge in [-0.15, -0.1) is 0 Å². The van der Waals surface area contributed by atoms with Crippen LogP contribution in [0, 0.1) is 0 Å². The number of carbonyl (C=O) groups is 2. The highest BCUT2D eigenvalue weighted by Crippen LogP contribution is 2.18. The third kappa shape index (κ3) is 37.8. The summed E-state index contributed by atoms with van der Waals surface area (Å²) in [7, 11) is 0. The molecule has 0 spiro atoms. The van der Waals surface area contributed by atoms with Crippen LogP contribution in [0.4, 0.5) is 0 Å².